The number of aromatic nitrogens is 4. The molecule has 4 heterocycles. The van der Waals surface area contributed by atoms with Crippen LogP contribution in [0.3, 0.4) is 0 Å². The number of aliphatic hydroxyl groups excluding tert-OH is 1. The van der Waals surface area contributed by atoms with Gasteiger partial charge in [-0.25, -0.2) is 9.97 Å². The highest BCUT2D eigenvalue weighted by Gasteiger charge is 2.12. The zero-order valence-electron chi connectivity index (χ0n) is 13.6. The van der Waals surface area contributed by atoms with E-state index in [0.717, 1.165) is 50.2 Å². The highest BCUT2D eigenvalue weighted by atomic mass is 32.1. The summed E-state index contributed by atoms with van der Waals surface area (Å²) in [6, 6.07) is 8.16. The second-order valence-electron chi connectivity index (χ2n) is 5.98. The second-order valence-corrected chi connectivity index (χ2v) is 7.05. The van der Waals surface area contributed by atoms with Gasteiger partial charge in [-0.1, -0.05) is 13.3 Å². The number of aliphatic hydroxyl groups is 1. The average molecular weight is 338 g/mol. The third-order valence-corrected chi connectivity index (χ3v) is 5.21. The Labute approximate surface area is 143 Å². The second kappa shape index (κ2) is 5.96. The van der Waals surface area contributed by atoms with E-state index in [2.05, 4.69) is 29.1 Å². The standard InChI is InChI=1S/C18H18N4OS/c1-3-4-15(23)16-8-11-5-6-14(20-18(11)24-16)12-7-13-10-22(2)21-17(13)19-9-12/h5-10,15,23H,3-4H2,1-2H3/t15-/m0/s1. The normalized spacial score (nSPS) is 13.0. The molecule has 0 amide bonds. The zero-order chi connectivity index (χ0) is 16.7. The number of pyridine rings is 2. The highest BCUT2D eigenvalue weighted by molar-refractivity contribution is 7.18. The van der Waals surface area contributed by atoms with Crippen molar-refractivity contribution in [2.45, 2.75) is 25.9 Å². The van der Waals surface area contributed by atoms with Crippen molar-refractivity contribution >= 4 is 32.6 Å². The van der Waals surface area contributed by atoms with E-state index in [-0.39, 0.29) is 0 Å². The van der Waals surface area contributed by atoms with Gasteiger partial charge >= 0.3 is 0 Å². The third-order valence-electron chi connectivity index (χ3n) is 4.06. The van der Waals surface area contributed by atoms with Crippen molar-refractivity contribution in [3.05, 3.63) is 41.5 Å². The number of nitrogens with zero attached hydrogens (tertiary/aromatic N) is 4. The number of fused-ring (bicyclic) bond motifs is 2. The third kappa shape index (κ3) is 2.68. The fourth-order valence-corrected chi connectivity index (χ4v) is 3.90. The van der Waals surface area contributed by atoms with Crippen LogP contribution in [-0.2, 0) is 7.05 Å². The van der Waals surface area contributed by atoms with Crippen LogP contribution in [0.2, 0.25) is 0 Å². The van der Waals surface area contributed by atoms with E-state index in [1.54, 1.807) is 16.0 Å². The maximum absolute atomic E-state index is 10.2. The molecule has 0 aliphatic carbocycles. The van der Waals surface area contributed by atoms with Crippen LogP contribution in [-0.4, -0.2) is 24.9 Å². The maximum atomic E-state index is 10.2. The Morgan fingerprint density at radius 1 is 1.25 bits per heavy atom. The summed E-state index contributed by atoms with van der Waals surface area (Å²) in [4.78, 5) is 11.1. The van der Waals surface area contributed by atoms with Crippen molar-refractivity contribution in [3.8, 4) is 11.3 Å². The average Bonchev–Trinajstić information content (AvgIpc) is 3.15. The summed E-state index contributed by atoms with van der Waals surface area (Å²) in [6.45, 7) is 2.08. The van der Waals surface area contributed by atoms with Crippen LogP contribution in [0, 0.1) is 0 Å². The van der Waals surface area contributed by atoms with Crippen LogP contribution in [0.25, 0.3) is 32.5 Å². The summed E-state index contributed by atoms with van der Waals surface area (Å²) < 4.78 is 1.76. The lowest BCUT2D eigenvalue weighted by molar-refractivity contribution is 0.170. The summed E-state index contributed by atoms with van der Waals surface area (Å²) in [5.74, 6) is 0. The Morgan fingerprint density at radius 2 is 2.12 bits per heavy atom. The zero-order valence-corrected chi connectivity index (χ0v) is 14.4. The number of aryl methyl sites for hydroxylation is 1. The summed E-state index contributed by atoms with van der Waals surface area (Å²) in [5, 5.41) is 16.6. The minimum absolute atomic E-state index is 0.397. The number of rotatable bonds is 4. The molecule has 1 atom stereocenters. The first-order valence-electron chi connectivity index (χ1n) is 8.02. The molecule has 4 aromatic heterocycles. The quantitative estimate of drug-likeness (QED) is 0.609. The minimum atomic E-state index is -0.397. The van der Waals surface area contributed by atoms with Crippen LogP contribution in [0.1, 0.15) is 30.7 Å². The molecule has 0 spiro atoms. The molecule has 0 fully saturated rings. The Hall–Kier alpha value is -2.31. The fraction of sp³-hybridized carbons (Fsp3) is 0.278. The van der Waals surface area contributed by atoms with Gasteiger partial charge < -0.3 is 5.11 Å². The van der Waals surface area contributed by atoms with Gasteiger partial charge in [0.25, 0.3) is 0 Å². The predicted octanol–water partition coefficient (Wildman–Crippen LogP) is 4.08. The molecule has 24 heavy (non-hydrogen) atoms. The van der Waals surface area contributed by atoms with E-state index in [4.69, 9.17) is 4.98 Å². The molecule has 0 aliphatic heterocycles. The maximum Gasteiger partial charge on any atom is 0.181 e. The van der Waals surface area contributed by atoms with Crippen molar-refractivity contribution in [1.29, 1.82) is 0 Å². The van der Waals surface area contributed by atoms with Crippen LogP contribution in [0.4, 0.5) is 0 Å². The molecule has 5 nitrogen and oxygen atoms in total. The Morgan fingerprint density at radius 3 is 2.96 bits per heavy atom. The van der Waals surface area contributed by atoms with Gasteiger partial charge in [0.15, 0.2) is 5.65 Å². The molecule has 4 rings (SSSR count). The fourth-order valence-electron chi connectivity index (χ4n) is 2.85. The van der Waals surface area contributed by atoms with Gasteiger partial charge in [-0.3, -0.25) is 4.68 Å². The van der Waals surface area contributed by atoms with Gasteiger partial charge in [0, 0.05) is 40.7 Å². The lowest BCUT2D eigenvalue weighted by Crippen LogP contribution is -1.91. The monoisotopic (exact) mass is 338 g/mol. The molecule has 0 saturated carbocycles. The summed E-state index contributed by atoms with van der Waals surface area (Å²) in [5.41, 5.74) is 2.60. The van der Waals surface area contributed by atoms with Gasteiger partial charge in [0.2, 0.25) is 0 Å². The molecule has 1 N–H and O–H groups in total. The largest absolute Gasteiger partial charge is 0.388 e. The molecule has 0 radical (unpaired) electrons. The molecule has 122 valence electrons. The first kappa shape index (κ1) is 15.2. The summed E-state index contributed by atoms with van der Waals surface area (Å²) in [6.07, 6.45) is 5.11. The lowest BCUT2D eigenvalue weighted by atomic mass is 10.1. The van der Waals surface area contributed by atoms with E-state index in [1.807, 2.05) is 31.6 Å². The van der Waals surface area contributed by atoms with Crippen molar-refractivity contribution in [1.82, 2.24) is 19.7 Å². The van der Waals surface area contributed by atoms with Gasteiger partial charge in [-0.15, -0.1) is 11.3 Å². The molecular weight excluding hydrogens is 320 g/mol. The van der Waals surface area contributed by atoms with E-state index in [9.17, 15) is 5.11 Å². The van der Waals surface area contributed by atoms with E-state index in [1.165, 1.54) is 0 Å². The molecular formula is C18H18N4OS. The lowest BCUT2D eigenvalue weighted by Gasteiger charge is -2.04. The predicted molar refractivity (Wildman–Crippen MR) is 97.0 cm³/mol. The molecule has 4 aromatic rings. The molecule has 0 saturated heterocycles. The van der Waals surface area contributed by atoms with Gasteiger partial charge in [0.1, 0.15) is 4.83 Å². The summed E-state index contributed by atoms with van der Waals surface area (Å²) >= 11 is 1.56. The molecule has 0 bridgehead atoms. The Bertz CT molecular complexity index is 1020. The van der Waals surface area contributed by atoms with Crippen molar-refractivity contribution in [2.75, 3.05) is 0 Å². The SMILES string of the molecule is CCC[C@H](O)c1cc2ccc(-c3cnc4nn(C)cc4c3)nc2s1. The van der Waals surface area contributed by atoms with Crippen LogP contribution >= 0.6 is 11.3 Å². The van der Waals surface area contributed by atoms with E-state index >= 15 is 0 Å². The number of thiophene rings is 1. The Kier molecular flexibility index (Phi) is 3.78. The van der Waals surface area contributed by atoms with Gasteiger partial charge in [0.05, 0.1) is 11.8 Å². The molecule has 6 heteroatoms. The smallest absolute Gasteiger partial charge is 0.181 e. The molecule has 0 unspecified atom stereocenters. The highest BCUT2D eigenvalue weighted by Crippen LogP contribution is 2.32. The van der Waals surface area contributed by atoms with E-state index in [0.29, 0.717) is 0 Å². The van der Waals surface area contributed by atoms with Crippen molar-refractivity contribution in [3.63, 3.8) is 0 Å². The van der Waals surface area contributed by atoms with Crippen molar-refractivity contribution in [2.24, 2.45) is 7.05 Å². The summed E-state index contributed by atoms with van der Waals surface area (Å²) in [7, 11) is 1.89. The first-order valence-corrected chi connectivity index (χ1v) is 8.84. The van der Waals surface area contributed by atoms with E-state index < -0.39 is 6.10 Å². The Balaban J connectivity index is 1.75. The molecule has 0 aromatic carbocycles. The van der Waals surface area contributed by atoms with Crippen LogP contribution in [0.5, 0.6) is 0 Å². The number of hydrogen-bond acceptors (Lipinski definition) is 5. The topological polar surface area (TPSA) is 63.8 Å². The van der Waals surface area contributed by atoms with Crippen molar-refractivity contribution < 1.29 is 5.11 Å². The van der Waals surface area contributed by atoms with Crippen LogP contribution < -0.4 is 0 Å². The molecule has 0 aliphatic rings. The number of hydrogen-bond donors (Lipinski definition) is 1. The first-order chi connectivity index (χ1) is 11.6. The van der Waals surface area contributed by atoms with Gasteiger partial charge in [-0.2, -0.15) is 5.10 Å². The van der Waals surface area contributed by atoms with Crippen LogP contribution in [0.15, 0.2) is 36.7 Å². The minimum Gasteiger partial charge on any atom is -0.388 e. The van der Waals surface area contributed by atoms with Gasteiger partial charge in [-0.05, 0) is 30.7 Å².